The Morgan fingerprint density at radius 2 is 1.68 bits per heavy atom. The van der Waals surface area contributed by atoms with Crippen LogP contribution < -0.4 is 15.4 Å². The maximum Gasteiger partial charge on any atom is 0.262 e. The predicted molar refractivity (Wildman–Crippen MR) is 103 cm³/mol. The van der Waals surface area contributed by atoms with Gasteiger partial charge in [0.1, 0.15) is 5.75 Å². The average molecular weight is 426 g/mol. The summed E-state index contributed by atoms with van der Waals surface area (Å²) in [5.41, 5.74) is 1.30. The lowest BCUT2D eigenvalue weighted by atomic mass is 10.2. The number of amides is 2. The van der Waals surface area contributed by atoms with E-state index in [2.05, 4.69) is 26.6 Å². The molecular weight excluding hydrogens is 408 g/mol. The van der Waals surface area contributed by atoms with Crippen molar-refractivity contribution in [3.8, 4) is 5.75 Å². The Labute approximate surface area is 159 Å². The number of nitrogens with one attached hydrogen (secondary N) is 2. The molecule has 2 amide bonds. The van der Waals surface area contributed by atoms with Crippen LogP contribution in [0.25, 0.3) is 0 Å². The van der Waals surface area contributed by atoms with Crippen LogP contribution >= 0.6 is 27.5 Å². The molecule has 0 aliphatic heterocycles. The number of carbonyl (C=O) groups excluding carboxylic acids is 2. The van der Waals surface area contributed by atoms with Crippen LogP contribution in [0.1, 0.15) is 13.8 Å². The highest BCUT2D eigenvalue weighted by Gasteiger charge is 2.09. The monoisotopic (exact) mass is 424 g/mol. The molecule has 2 aromatic rings. The Hall–Kier alpha value is -2.05. The second kappa shape index (κ2) is 8.87. The molecule has 0 saturated carbocycles. The molecule has 0 unspecified atom stereocenters. The van der Waals surface area contributed by atoms with Crippen molar-refractivity contribution in [2.24, 2.45) is 5.92 Å². The smallest absolute Gasteiger partial charge is 0.262 e. The first-order valence-corrected chi connectivity index (χ1v) is 8.81. The number of carbonyl (C=O) groups is 2. The second-order valence-corrected chi connectivity index (χ2v) is 6.92. The molecular formula is C18H18BrClN2O3. The lowest BCUT2D eigenvalue weighted by molar-refractivity contribution is -0.119. The molecule has 2 rings (SSSR count). The van der Waals surface area contributed by atoms with E-state index in [0.29, 0.717) is 26.6 Å². The topological polar surface area (TPSA) is 67.4 Å². The van der Waals surface area contributed by atoms with Crippen molar-refractivity contribution in [1.82, 2.24) is 0 Å². The Morgan fingerprint density at radius 1 is 1.08 bits per heavy atom. The molecule has 2 N–H and O–H groups in total. The zero-order chi connectivity index (χ0) is 18.4. The van der Waals surface area contributed by atoms with Crippen molar-refractivity contribution in [1.29, 1.82) is 0 Å². The van der Waals surface area contributed by atoms with Gasteiger partial charge in [0, 0.05) is 22.3 Å². The zero-order valence-electron chi connectivity index (χ0n) is 13.8. The maximum atomic E-state index is 12.0. The van der Waals surface area contributed by atoms with Crippen molar-refractivity contribution in [3.05, 3.63) is 52.0 Å². The SMILES string of the molecule is CC(C)C(=O)Nc1ccc(NC(=O)COc2ccc(Cl)cc2Br)cc1. The highest BCUT2D eigenvalue weighted by atomic mass is 79.9. The summed E-state index contributed by atoms with van der Waals surface area (Å²) in [6.07, 6.45) is 0. The molecule has 0 aromatic heterocycles. The average Bonchev–Trinajstić information content (AvgIpc) is 2.55. The molecule has 0 bridgehead atoms. The van der Waals surface area contributed by atoms with Crippen LogP contribution in [0.15, 0.2) is 46.9 Å². The Morgan fingerprint density at radius 3 is 2.24 bits per heavy atom. The Bertz CT molecular complexity index is 763. The Kier molecular flexibility index (Phi) is 6.84. The number of ether oxygens (including phenoxy) is 1. The summed E-state index contributed by atoms with van der Waals surface area (Å²) < 4.78 is 6.13. The van der Waals surface area contributed by atoms with E-state index in [0.717, 1.165) is 0 Å². The summed E-state index contributed by atoms with van der Waals surface area (Å²) in [6.45, 7) is 3.51. The van der Waals surface area contributed by atoms with Gasteiger partial charge in [0.2, 0.25) is 5.91 Å². The third-order valence-electron chi connectivity index (χ3n) is 3.21. The normalized spacial score (nSPS) is 10.4. The van der Waals surface area contributed by atoms with Gasteiger partial charge in [-0.2, -0.15) is 0 Å². The van der Waals surface area contributed by atoms with Crippen molar-refractivity contribution in [2.75, 3.05) is 17.2 Å². The van der Waals surface area contributed by atoms with E-state index in [1.807, 2.05) is 13.8 Å². The molecule has 0 heterocycles. The first kappa shape index (κ1) is 19.3. The minimum atomic E-state index is -0.291. The van der Waals surface area contributed by atoms with Crippen molar-refractivity contribution in [2.45, 2.75) is 13.8 Å². The van der Waals surface area contributed by atoms with Crippen molar-refractivity contribution < 1.29 is 14.3 Å². The number of rotatable bonds is 6. The van der Waals surface area contributed by atoms with E-state index in [1.54, 1.807) is 42.5 Å². The molecule has 0 atom stereocenters. The fourth-order valence-corrected chi connectivity index (χ4v) is 2.65. The minimum absolute atomic E-state index is 0.0567. The molecule has 0 aliphatic rings. The van der Waals surface area contributed by atoms with Gasteiger partial charge in [0.15, 0.2) is 6.61 Å². The Balaban J connectivity index is 1.87. The van der Waals surface area contributed by atoms with E-state index < -0.39 is 0 Å². The number of benzene rings is 2. The van der Waals surface area contributed by atoms with Gasteiger partial charge < -0.3 is 15.4 Å². The van der Waals surface area contributed by atoms with E-state index in [1.165, 1.54) is 0 Å². The third-order valence-corrected chi connectivity index (χ3v) is 4.07. The number of hydrogen-bond donors (Lipinski definition) is 2. The van der Waals surface area contributed by atoms with Gasteiger partial charge in [-0.3, -0.25) is 9.59 Å². The van der Waals surface area contributed by atoms with Gasteiger partial charge >= 0.3 is 0 Å². The summed E-state index contributed by atoms with van der Waals surface area (Å²) in [5, 5.41) is 6.09. The zero-order valence-corrected chi connectivity index (χ0v) is 16.1. The number of anilines is 2. The van der Waals surface area contributed by atoms with Gasteiger partial charge in [-0.25, -0.2) is 0 Å². The molecule has 7 heteroatoms. The quantitative estimate of drug-likeness (QED) is 0.704. The fourth-order valence-electron chi connectivity index (χ4n) is 1.86. The van der Waals surface area contributed by atoms with Gasteiger partial charge in [-0.1, -0.05) is 25.4 Å². The molecule has 2 aromatic carbocycles. The number of halogens is 2. The van der Waals surface area contributed by atoms with Crippen molar-refractivity contribution >= 4 is 50.7 Å². The summed E-state index contributed by atoms with van der Waals surface area (Å²) in [6, 6.07) is 12.0. The van der Waals surface area contributed by atoms with Crippen LogP contribution in [0.2, 0.25) is 5.02 Å². The van der Waals surface area contributed by atoms with Gasteiger partial charge in [-0.05, 0) is 58.4 Å². The van der Waals surface area contributed by atoms with Crippen LogP contribution in [0.3, 0.4) is 0 Å². The summed E-state index contributed by atoms with van der Waals surface area (Å²) in [4.78, 5) is 23.6. The highest BCUT2D eigenvalue weighted by Crippen LogP contribution is 2.27. The predicted octanol–water partition coefficient (Wildman–Crippen LogP) is 4.71. The van der Waals surface area contributed by atoms with Crippen LogP contribution in [0.5, 0.6) is 5.75 Å². The van der Waals surface area contributed by atoms with E-state index in [-0.39, 0.29) is 24.3 Å². The lowest BCUT2D eigenvalue weighted by Crippen LogP contribution is -2.20. The molecule has 0 radical (unpaired) electrons. The van der Waals surface area contributed by atoms with Gasteiger partial charge in [0.25, 0.3) is 5.91 Å². The molecule has 0 spiro atoms. The van der Waals surface area contributed by atoms with E-state index in [9.17, 15) is 9.59 Å². The van der Waals surface area contributed by atoms with Gasteiger partial charge in [-0.15, -0.1) is 0 Å². The van der Waals surface area contributed by atoms with Crippen LogP contribution in [-0.4, -0.2) is 18.4 Å². The molecule has 132 valence electrons. The summed E-state index contributed by atoms with van der Waals surface area (Å²) in [7, 11) is 0. The first-order valence-electron chi connectivity index (χ1n) is 7.64. The van der Waals surface area contributed by atoms with Crippen LogP contribution in [0.4, 0.5) is 11.4 Å². The van der Waals surface area contributed by atoms with Crippen LogP contribution in [-0.2, 0) is 9.59 Å². The fraction of sp³-hybridized carbons (Fsp3) is 0.222. The molecule has 5 nitrogen and oxygen atoms in total. The molecule has 25 heavy (non-hydrogen) atoms. The summed E-state index contributed by atoms with van der Waals surface area (Å²) in [5.74, 6) is 0.0922. The third kappa shape index (κ3) is 6.07. The minimum Gasteiger partial charge on any atom is -0.483 e. The largest absolute Gasteiger partial charge is 0.483 e. The van der Waals surface area contributed by atoms with E-state index in [4.69, 9.17) is 16.3 Å². The second-order valence-electron chi connectivity index (χ2n) is 5.63. The van der Waals surface area contributed by atoms with Crippen molar-refractivity contribution in [3.63, 3.8) is 0 Å². The standard InChI is InChI=1S/C18H18BrClN2O3/c1-11(2)18(24)22-14-6-4-13(5-7-14)21-17(23)10-25-16-8-3-12(20)9-15(16)19/h3-9,11H,10H2,1-2H3,(H,21,23)(H,22,24). The maximum absolute atomic E-state index is 12.0. The molecule has 0 aliphatic carbocycles. The number of hydrogen-bond acceptors (Lipinski definition) is 3. The molecule has 0 saturated heterocycles. The molecule has 0 fully saturated rings. The van der Waals surface area contributed by atoms with Gasteiger partial charge in [0.05, 0.1) is 4.47 Å². The highest BCUT2D eigenvalue weighted by molar-refractivity contribution is 9.10. The lowest BCUT2D eigenvalue weighted by Gasteiger charge is -2.10. The van der Waals surface area contributed by atoms with E-state index >= 15 is 0 Å². The summed E-state index contributed by atoms with van der Waals surface area (Å²) >= 11 is 9.18. The first-order chi connectivity index (χ1) is 11.8. The van der Waals surface area contributed by atoms with Crippen LogP contribution in [0, 0.1) is 5.92 Å².